The highest BCUT2D eigenvalue weighted by Crippen LogP contribution is 2.41. The normalized spacial score (nSPS) is 28.3. The van der Waals surface area contributed by atoms with Gasteiger partial charge >= 0.3 is 0 Å². The second-order valence-electron chi connectivity index (χ2n) is 5.86. The lowest BCUT2D eigenvalue weighted by atomic mass is 9.67. The summed E-state index contributed by atoms with van der Waals surface area (Å²) in [4.78, 5) is 0. The fourth-order valence-corrected chi connectivity index (χ4v) is 3.33. The summed E-state index contributed by atoms with van der Waals surface area (Å²) in [6.45, 7) is 2.82. The summed E-state index contributed by atoms with van der Waals surface area (Å²) in [7, 11) is 0. The Kier molecular flexibility index (Phi) is 4.00. The van der Waals surface area contributed by atoms with E-state index in [0.29, 0.717) is 18.9 Å². The molecule has 0 radical (unpaired) electrons. The summed E-state index contributed by atoms with van der Waals surface area (Å²) >= 11 is 0. The van der Waals surface area contributed by atoms with E-state index >= 15 is 0 Å². The van der Waals surface area contributed by atoms with Crippen LogP contribution in [0.25, 0.3) is 0 Å². The van der Waals surface area contributed by atoms with Crippen molar-refractivity contribution in [2.75, 3.05) is 6.54 Å². The Balaban J connectivity index is 2.18. The minimum Gasteiger partial charge on any atom is -0.330 e. The Bertz CT molecular complexity index is 399. The Hall–Kier alpha value is -0.960. The molecular weight excluding hydrogens is 232 g/mol. The molecule has 1 aromatic rings. The van der Waals surface area contributed by atoms with Crippen LogP contribution in [0.5, 0.6) is 0 Å². The van der Waals surface area contributed by atoms with Crippen molar-refractivity contribution in [2.24, 2.45) is 17.1 Å². The average Bonchev–Trinajstić information content (AvgIpc) is 2.27. The first-order chi connectivity index (χ1) is 8.53. The Labute approximate surface area is 107 Å². The van der Waals surface area contributed by atoms with Gasteiger partial charge in [-0.15, -0.1) is 0 Å². The van der Waals surface area contributed by atoms with Crippen LogP contribution < -0.4 is 5.73 Å². The van der Waals surface area contributed by atoms with E-state index in [4.69, 9.17) is 5.73 Å². The van der Waals surface area contributed by atoms with Gasteiger partial charge in [0.05, 0.1) is 0 Å². The van der Waals surface area contributed by atoms with E-state index in [1.165, 1.54) is 18.6 Å². The van der Waals surface area contributed by atoms with Gasteiger partial charge in [-0.3, -0.25) is 0 Å². The molecule has 0 aliphatic heterocycles. The van der Waals surface area contributed by atoms with Gasteiger partial charge in [0.2, 0.25) is 0 Å². The molecule has 18 heavy (non-hydrogen) atoms. The molecule has 0 spiro atoms. The molecule has 2 rings (SSSR count). The summed E-state index contributed by atoms with van der Waals surface area (Å²) in [5.41, 5.74) is 6.69. The van der Waals surface area contributed by atoms with Gasteiger partial charge in [-0.25, -0.2) is 8.78 Å². The monoisotopic (exact) mass is 253 g/mol. The van der Waals surface area contributed by atoms with Crippen molar-refractivity contribution >= 4 is 0 Å². The third-order valence-corrected chi connectivity index (χ3v) is 4.12. The fourth-order valence-electron chi connectivity index (χ4n) is 3.33. The molecule has 2 atom stereocenters. The van der Waals surface area contributed by atoms with Crippen LogP contribution >= 0.6 is 0 Å². The second-order valence-corrected chi connectivity index (χ2v) is 5.86. The van der Waals surface area contributed by atoms with Crippen LogP contribution in [0.1, 0.15) is 38.2 Å². The number of halogens is 2. The van der Waals surface area contributed by atoms with Gasteiger partial charge in [0, 0.05) is 6.07 Å². The molecular formula is C15H21F2N. The van der Waals surface area contributed by atoms with E-state index in [-0.39, 0.29) is 5.41 Å². The van der Waals surface area contributed by atoms with E-state index in [1.807, 2.05) is 0 Å². The average molecular weight is 253 g/mol. The largest absolute Gasteiger partial charge is 0.330 e. The van der Waals surface area contributed by atoms with Crippen LogP contribution in [0.15, 0.2) is 18.2 Å². The summed E-state index contributed by atoms with van der Waals surface area (Å²) in [6.07, 6.45) is 5.20. The predicted octanol–water partition coefficient (Wildman–Crippen LogP) is 3.66. The maximum absolute atomic E-state index is 13.2. The van der Waals surface area contributed by atoms with Crippen molar-refractivity contribution in [3.8, 4) is 0 Å². The van der Waals surface area contributed by atoms with Crippen LogP contribution in [0.2, 0.25) is 0 Å². The fraction of sp³-hybridized carbons (Fsp3) is 0.600. The third-order valence-electron chi connectivity index (χ3n) is 4.12. The third kappa shape index (κ3) is 3.08. The molecule has 0 aromatic heterocycles. The van der Waals surface area contributed by atoms with Crippen LogP contribution in [0.4, 0.5) is 8.78 Å². The van der Waals surface area contributed by atoms with Crippen molar-refractivity contribution in [2.45, 2.75) is 39.0 Å². The van der Waals surface area contributed by atoms with Gasteiger partial charge in [0.25, 0.3) is 0 Å². The molecule has 0 bridgehead atoms. The van der Waals surface area contributed by atoms with Crippen LogP contribution in [0.3, 0.4) is 0 Å². The Morgan fingerprint density at radius 1 is 1.28 bits per heavy atom. The van der Waals surface area contributed by atoms with E-state index < -0.39 is 11.6 Å². The maximum atomic E-state index is 13.2. The minimum absolute atomic E-state index is 0.0257. The van der Waals surface area contributed by atoms with E-state index in [1.54, 1.807) is 0 Å². The molecule has 2 unspecified atom stereocenters. The van der Waals surface area contributed by atoms with Crippen LogP contribution in [0, 0.1) is 23.0 Å². The molecule has 1 aromatic carbocycles. The van der Waals surface area contributed by atoms with E-state index in [9.17, 15) is 8.78 Å². The Morgan fingerprint density at radius 2 is 1.94 bits per heavy atom. The van der Waals surface area contributed by atoms with Gasteiger partial charge in [0.1, 0.15) is 11.6 Å². The van der Waals surface area contributed by atoms with Gasteiger partial charge in [0.15, 0.2) is 0 Å². The van der Waals surface area contributed by atoms with Crippen molar-refractivity contribution < 1.29 is 8.78 Å². The summed E-state index contributed by atoms with van der Waals surface area (Å²) < 4.78 is 26.4. The zero-order chi connectivity index (χ0) is 13.2. The molecule has 2 N–H and O–H groups in total. The van der Waals surface area contributed by atoms with Crippen molar-refractivity contribution in [3.63, 3.8) is 0 Å². The number of benzene rings is 1. The van der Waals surface area contributed by atoms with Crippen molar-refractivity contribution in [1.82, 2.24) is 0 Å². The molecule has 1 nitrogen and oxygen atoms in total. The van der Waals surface area contributed by atoms with Crippen LogP contribution in [-0.2, 0) is 6.42 Å². The number of nitrogens with two attached hydrogens (primary N) is 1. The molecule has 1 aliphatic carbocycles. The van der Waals surface area contributed by atoms with Gasteiger partial charge < -0.3 is 5.73 Å². The summed E-state index contributed by atoms with van der Waals surface area (Å²) in [5, 5.41) is 0. The quantitative estimate of drug-likeness (QED) is 0.874. The van der Waals surface area contributed by atoms with Crippen molar-refractivity contribution in [1.29, 1.82) is 0 Å². The molecule has 0 amide bonds. The van der Waals surface area contributed by atoms with Crippen LogP contribution in [-0.4, -0.2) is 6.54 Å². The number of hydrogen-bond acceptors (Lipinski definition) is 1. The first-order valence-electron chi connectivity index (χ1n) is 6.68. The number of hydrogen-bond donors (Lipinski definition) is 1. The molecule has 1 fully saturated rings. The molecule has 1 aliphatic rings. The smallest absolute Gasteiger partial charge is 0.126 e. The lowest BCUT2D eigenvalue weighted by molar-refractivity contribution is 0.153. The molecule has 0 heterocycles. The second kappa shape index (κ2) is 5.35. The molecule has 100 valence electrons. The molecule has 1 saturated carbocycles. The van der Waals surface area contributed by atoms with Crippen molar-refractivity contribution in [3.05, 3.63) is 35.4 Å². The highest BCUT2D eigenvalue weighted by Gasteiger charge is 2.33. The van der Waals surface area contributed by atoms with E-state index in [2.05, 4.69) is 6.92 Å². The first kappa shape index (κ1) is 13.5. The maximum Gasteiger partial charge on any atom is 0.126 e. The summed E-state index contributed by atoms with van der Waals surface area (Å²) in [5.74, 6) is -0.345. The topological polar surface area (TPSA) is 26.0 Å². The predicted molar refractivity (Wildman–Crippen MR) is 69.2 cm³/mol. The highest BCUT2D eigenvalue weighted by molar-refractivity contribution is 5.20. The first-order valence-corrected chi connectivity index (χ1v) is 6.68. The summed E-state index contributed by atoms with van der Waals surface area (Å²) in [6, 6.07) is 3.78. The van der Waals surface area contributed by atoms with E-state index in [0.717, 1.165) is 30.9 Å². The zero-order valence-electron chi connectivity index (χ0n) is 10.9. The number of rotatable bonds is 3. The lowest BCUT2D eigenvalue weighted by Gasteiger charge is -2.39. The SMILES string of the molecule is CC1CCCC(CN)(Cc2cc(F)cc(F)c2)C1. The molecule has 3 heteroatoms. The molecule has 0 saturated heterocycles. The van der Waals surface area contributed by atoms with Gasteiger partial charge in [-0.2, -0.15) is 0 Å². The highest BCUT2D eigenvalue weighted by atomic mass is 19.1. The minimum atomic E-state index is -0.499. The van der Waals surface area contributed by atoms with Gasteiger partial charge in [-0.1, -0.05) is 19.8 Å². The lowest BCUT2D eigenvalue weighted by Crippen LogP contribution is -2.37. The standard InChI is InChI=1S/C15H21F2N/c1-11-3-2-4-15(8-11,10-18)9-12-5-13(16)7-14(17)6-12/h5-7,11H,2-4,8-10,18H2,1H3. The van der Waals surface area contributed by atoms with Gasteiger partial charge in [-0.05, 0) is 54.8 Å². The zero-order valence-corrected chi connectivity index (χ0v) is 10.9. The Morgan fingerprint density at radius 3 is 2.50 bits per heavy atom.